The van der Waals surface area contributed by atoms with Crippen molar-refractivity contribution in [3.8, 4) is 0 Å². The summed E-state index contributed by atoms with van der Waals surface area (Å²) in [5, 5.41) is 20.1. The number of carbonyl (C=O) groups excluding carboxylic acids is 2. The molecule has 2 heterocycles. The van der Waals surface area contributed by atoms with Crippen molar-refractivity contribution in [2.75, 3.05) is 0 Å². The Bertz CT molecular complexity index is 470. The van der Waals surface area contributed by atoms with Gasteiger partial charge in [0.2, 0.25) is 0 Å². The van der Waals surface area contributed by atoms with Gasteiger partial charge in [-0.15, -0.1) is 0 Å². The minimum atomic E-state index is -1.24. The maximum Gasteiger partial charge on any atom is 0.0899 e. The molecular weight excluding hydrogens is 395 g/mol. The van der Waals surface area contributed by atoms with Crippen LogP contribution in [0.1, 0.15) is 21.0 Å². The summed E-state index contributed by atoms with van der Waals surface area (Å²) >= 11 is 0. The molecule has 0 fully saturated rings. The van der Waals surface area contributed by atoms with E-state index < -0.39 is 11.9 Å². The van der Waals surface area contributed by atoms with Gasteiger partial charge in [-0.2, -0.15) is 0 Å². The van der Waals surface area contributed by atoms with Gasteiger partial charge >= 0.3 is 0 Å². The van der Waals surface area contributed by atoms with Crippen LogP contribution >= 0.6 is 0 Å². The molecule has 2 rings (SSSR count). The fraction of sp³-hybridized carbons (Fsp3) is 0. The predicted molar refractivity (Wildman–Crippen MR) is 57.1 cm³/mol. The molecule has 6 nitrogen and oxygen atoms in total. The molecule has 0 aliphatic carbocycles. The molecule has 0 unspecified atom stereocenters. The minimum absolute atomic E-state index is 0. The number of pyridine rings is 2. The predicted octanol–water partition coefficient (Wildman–Crippen LogP) is -1.11. The summed E-state index contributed by atoms with van der Waals surface area (Å²) < 4.78 is 0. The van der Waals surface area contributed by atoms with Gasteiger partial charge in [0.15, 0.2) is 0 Å². The zero-order valence-corrected chi connectivity index (χ0v) is 11.6. The third-order valence-electron chi connectivity index (χ3n) is 1.75. The van der Waals surface area contributed by atoms with Gasteiger partial charge < -0.3 is 19.8 Å². The molecule has 0 saturated carbocycles. The first-order chi connectivity index (χ1) is 8.61. The maximum atomic E-state index is 10.0. The molecule has 19 heavy (non-hydrogen) atoms. The van der Waals surface area contributed by atoms with Crippen molar-refractivity contribution < 1.29 is 58.4 Å². The molecule has 2 aromatic heterocycles. The van der Waals surface area contributed by atoms with Gasteiger partial charge in [0.05, 0.1) is 23.3 Å². The van der Waals surface area contributed by atoms with Crippen molar-refractivity contribution in [1.82, 2.24) is 9.97 Å². The number of aromatic nitrogens is 2. The van der Waals surface area contributed by atoms with E-state index in [1.165, 1.54) is 24.5 Å². The number of aromatic carboxylic acids is 2. The number of carbonyl (C=O) groups is 2. The van der Waals surface area contributed by atoms with E-state index in [1.54, 1.807) is 24.3 Å². The zero-order valence-electron chi connectivity index (χ0n) is 9.48. The average Bonchev–Trinajstić information content (AvgIpc) is 2.41. The van der Waals surface area contributed by atoms with E-state index >= 15 is 0 Å². The number of hydrogen-bond donors (Lipinski definition) is 0. The van der Waals surface area contributed by atoms with Crippen molar-refractivity contribution in [2.45, 2.75) is 0 Å². The quantitative estimate of drug-likeness (QED) is 0.630. The van der Waals surface area contributed by atoms with Crippen LogP contribution in [0.4, 0.5) is 0 Å². The molecule has 0 spiro atoms. The summed E-state index contributed by atoms with van der Waals surface area (Å²) in [6.45, 7) is 0. The van der Waals surface area contributed by atoms with Crippen LogP contribution in [0.15, 0.2) is 48.8 Å². The van der Waals surface area contributed by atoms with E-state index in [0.717, 1.165) is 0 Å². The van der Waals surface area contributed by atoms with Crippen LogP contribution in [0, 0.1) is 38.6 Å². The van der Waals surface area contributed by atoms with Crippen molar-refractivity contribution in [2.24, 2.45) is 0 Å². The first-order valence-electron chi connectivity index (χ1n) is 4.86. The molecule has 0 saturated heterocycles. The SMILES string of the molecule is O=C([O-])c1ccccn1.O=C([O-])c1ccccn1.[Tb]. The smallest absolute Gasteiger partial charge is 0.0899 e. The van der Waals surface area contributed by atoms with E-state index in [4.69, 9.17) is 0 Å². The topological polar surface area (TPSA) is 106 Å². The van der Waals surface area contributed by atoms with E-state index in [2.05, 4.69) is 9.97 Å². The first kappa shape index (κ1) is 17.5. The monoisotopic (exact) mass is 403 g/mol. The van der Waals surface area contributed by atoms with E-state index in [1.807, 2.05) is 0 Å². The van der Waals surface area contributed by atoms with Crippen LogP contribution in [0.25, 0.3) is 0 Å². The number of hydrogen-bond acceptors (Lipinski definition) is 6. The van der Waals surface area contributed by atoms with Crippen molar-refractivity contribution in [1.29, 1.82) is 0 Å². The largest absolute Gasteiger partial charge is 0.543 e. The molecule has 0 N–H and O–H groups in total. The fourth-order valence-corrected chi connectivity index (χ4v) is 0.967. The van der Waals surface area contributed by atoms with Crippen molar-refractivity contribution in [3.63, 3.8) is 0 Å². The Balaban J connectivity index is 0.000000324. The van der Waals surface area contributed by atoms with Crippen LogP contribution in [-0.4, -0.2) is 21.9 Å². The van der Waals surface area contributed by atoms with Crippen LogP contribution in [-0.2, 0) is 0 Å². The van der Waals surface area contributed by atoms with Crippen molar-refractivity contribution >= 4 is 11.9 Å². The van der Waals surface area contributed by atoms with Gasteiger partial charge in [0.1, 0.15) is 0 Å². The van der Waals surface area contributed by atoms with E-state index in [0.29, 0.717) is 0 Å². The van der Waals surface area contributed by atoms with Gasteiger partial charge in [-0.25, -0.2) is 0 Å². The standard InChI is InChI=1S/2C6H5NO2.Tb/c2*8-6(9)5-3-1-2-4-7-5;/h2*1-4H,(H,8,9);/p-2. The number of carboxylic acid groups (broad SMARTS) is 2. The molecule has 0 aliphatic rings. The summed E-state index contributed by atoms with van der Waals surface area (Å²) in [4.78, 5) is 27.1. The van der Waals surface area contributed by atoms with E-state index in [-0.39, 0.29) is 50.0 Å². The molecule has 1 radical (unpaired) electrons. The molecule has 101 valence electrons. The average molecular weight is 403 g/mol. The number of nitrogens with zero attached hydrogens (tertiary/aromatic N) is 2. The summed E-state index contributed by atoms with van der Waals surface area (Å²) in [6, 6.07) is 9.25. The summed E-state index contributed by atoms with van der Waals surface area (Å²) in [5.74, 6) is -2.48. The molecular formula is C12H8N2O4Tb-2. The van der Waals surface area contributed by atoms with Crippen LogP contribution < -0.4 is 10.2 Å². The van der Waals surface area contributed by atoms with Gasteiger partial charge in [0, 0.05) is 51.0 Å². The van der Waals surface area contributed by atoms with Crippen molar-refractivity contribution in [3.05, 3.63) is 60.2 Å². The Hall–Kier alpha value is -1.47. The van der Waals surface area contributed by atoms with Crippen LogP contribution in [0.3, 0.4) is 0 Å². The Morgan fingerprint density at radius 3 is 1.32 bits per heavy atom. The molecule has 7 heteroatoms. The Morgan fingerprint density at radius 1 is 0.789 bits per heavy atom. The second kappa shape index (κ2) is 9.46. The molecule has 0 aromatic carbocycles. The maximum absolute atomic E-state index is 10.0. The zero-order chi connectivity index (χ0) is 13.4. The summed E-state index contributed by atoms with van der Waals surface area (Å²) in [6.07, 6.45) is 2.82. The van der Waals surface area contributed by atoms with Gasteiger partial charge in [-0.3, -0.25) is 9.97 Å². The normalized spacial score (nSPS) is 8.42. The molecule has 2 aromatic rings. The molecule has 0 aliphatic heterocycles. The Kier molecular flexibility index (Phi) is 8.72. The molecule has 0 atom stereocenters. The van der Waals surface area contributed by atoms with Gasteiger partial charge in [-0.05, 0) is 24.3 Å². The minimum Gasteiger partial charge on any atom is -0.543 e. The number of carboxylic acids is 2. The third-order valence-corrected chi connectivity index (χ3v) is 1.75. The number of rotatable bonds is 2. The Morgan fingerprint density at radius 2 is 1.16 bits per heavy atom. The Labute approximate surface area is 140 Å². The molecule has 0 bridgehead atoms. The van der Waals surface area contributed by atoms with Gasteiger partial charge in [0.25, 0.3) is 0 Å². The summed E-state index contributed by atoms with van der Waals surface area (Å²) in [7, 11) is 0. The van der Waals surface area contributed by atoms with Crippen LogP contribution in [0.5, 0.6) is 0 Å². The summed E-state index contributed by atoms with van der Waals surface area (Å²) in [5.41, 5.74) is -0.0602. The second-order valence-electron chi connectivity index (χ2n) is 3.00. The van der Waals surface area contributed by atoms with Crippen LogP contribution in [0.2, 0.25) is 0 Å². The third kappa shape index (κ3) is 6.87. The van der Waals surface area contributed by atoms with E-state index in [9.17, 15) is 19.8 Å². The second-order valence-corrected chi connectivity index (χ2v) is 3.00. The molecule has 0 amide bonds. The fourth-order valence-electron chi connectivity index (χ4n) is 0.967. The van der Waals surface area contributed by atoms with Gasteiger partial charge in [-0.1, -0.05) is 12.1 Å². The first-order valence-corrected chi connectivity index (χ1v) is 4.86.